The van der Waals surface area contributed by atoms with Gasteiger partial charge in [-0.25, -0.2) is 0 Å². The van der Waals surface area contributed by atoms with Crippen molar-refractivity contribution in [2.45, 2.75) is 39.5 Å². The molecule has 0 spiro atoms. The SMILES string of the molecule is CCC1CC(C)CC(C=N)C1. The molecule has 64 valence electrons. The van der Waals surface area contributed by atoms with E-state index in [1.165, 1.54) is 25.7 Å². The maximum Gasteiger partial charge on any atom is -0.00165 e. The third-order valence-corrected chi connectivity index (χ3v) is 2.89. The predicted octanol–water partition coefficient (Wildman–Crippen LogP) is 3.10. The molecular formula is C10H19N. The topological polar surface area (TPSA) is 23.9 Å². The van der Waals surface area contributed by atoms with Gasteiger partial charge in [0.05, 0.1) is 0 Å². The van der Waals surface area contributed by atoms with Crippen LogP contribution in [-0.2, 0) is 0 Å². The fraction of sp³-hybridized carbons (Fsp3) is 0.900. The second-order valence-electron chi connectivity index (χ2n) is 4.01. The second-order valence-corrected chi connectivity index (χ2v) is 4.01. The average Bonchev–Trinajstić information content (AvgIpc) is 2.03. The van der Waals surface area contributed by atoms with E-state index in [1.54, 1.807) is 6.21 Å². The molecule has 1 heteroatoms. The summed E-state index contributed by atoms with van der Waals surface area (Å²) in [4.78, 5) is 0. The Kier molecular flexibility index (Phi) is 3.10. The molecule has 0 saturated heterocycles. The number of hydrogen-bond donors (Lipinski definition) is 1. The summed E-state index contributed by atoms with van der Waals surface area (Å²) in [6.07, 6.45) is 6.86. The maximum absolute atomic E-state index is 7.23. The Labute approximate surface area is 69.7 Å². The minimum atomic E-state index is 0.587. The predicted molar refractivity (Wildman–Crippen MR) is 49.1 cm³/mol. The van der Waals surface area contributed by atoms with Gasteiger partial charge in [0.25, 0.3) is 0 Å². The van der Waals surface area contributed by atoms with Gasteiger partial charge in [-0.3, -0.25) is 0 Å². The van der Waals surface area contributed by atoms with Gasteiger partial charge in [-0.2, -0.15) is 0 Å². The summed E-state index contributed by atoms with van der Waals surface area (Å²) in [6, 6.07) is 0. The standard InChI is InChI=1S/C10H19N/c1-3-9-4-8(2)5-10(6-9)7-11/h7-11H,3-6H2,1-2H3. The average molecular weight is 153 g/mol. The number of rotatable bonds is 2. The zero-order valence-electron chi connectivity index (χ0n) is 7.64. The summed E-state index contributed by atoms with van der Waals surface area (Å²) in [5.41, 5.74) is 0. The Balaban J connectivity index is 2.43. The monoisotopic (exact) mass is 153 g/mol. The van der Waals surface area contributed by atoms with Crippen LogP contribution < -0.4 is 0 Å². The first kappa shape index (κ1) is 8.76. The second kappa shape index (κ2) is 3.89. The molecule has 1 rings (SSSR count). The summed E-state index contributed by atoms with van der Waals surface area (Å²) in [5, 5.41) is 7.23. The Bertz CT molecular complexity index is 131. The highest BCUT2D eigenvalue weighted by Gasteiger charge is 2.23. The summed E-state index contributed by atoms with van der Waals surface area (Å²) in [7, 11) is 0. The largest absolute Gasteiger partial charge is 0.313 e. The number of nitrogens with one attached hydrogen (secondary N) is 1. The van der Waals surface area contributed by atoms with Crippen molar-refractivity contribution >= 4 is 6.21 Å². The lowest BCUT2D eigenvalue weighted by atomic mass is 9.75. The molecule has 0 aromatic heterocycles. The number of hydrogen-bond acceptors (Lipinski definition) is 1. The van der Waals surface area contributed by atoms with Gasteiger partial charge in [0.2, 0.25) is 0 Å². The lowest BCUT2D eigenvalue weighted by Gasteiger charge is -2.30. The molecule has 0 heterocycles. The van der Waals surface area contributed by atoms with Crippen molar-refractivity contribution in [2.24, 2.45) is 17.8 Å². The first-order valence-electron chi connectivity index (χ1n) is 4.76. The molecular weight excluding hydrogens is 134 g/mol. The molecule has 0 aliphatic heterocycles. The van der Waals surface area contributed by atoms with Crippen molar-refractivity contribution in [3.63, 3.8) is 0 Å². The van der Waals surface area contributed by atoms with Crippen LogP contribution in [-0.4, -0.2) is 6.21 Å². The Hall–Kier alpha value is -0.330. The fourth-order valence-corrected chi connectivity index (χ4v) is 2.27. The van der Waals surface area contributed by atoms with Gasteiger partial charge < -0.3 is 5.41 Å². The van der Waals surface area contributed by atoms with E-state index < -0.39 is 0 Å². The molecule has 0 aromatic rings. The molecule has 1 nitrogen and oxygen atoms in total. The Morgan fingerprint density at radius 2 is 2.09 bits per heavy atom. The summed E-state index contributed by atoms with van der Waals surface area (Å²) in [6.45, 7) is 4.59. The normalized spacial score (nSPS) is 38.5. The third kappa shape index (κ3) is 2.32. The van der Waals surface area contributed by atoms with E-state index in [-0.39, 0.29) is 0 Å². The van der Waals surface area contributed by atoms with Crippen molar-refractivity contribution in [1.82, 2.24) is 0 Å². The van der Waals surface area contributed by atoms with E-state index >= 15 is 0 Å². The quantitative estimate of drug-likeness (QED) is 0.589. The Morgan fingerprint density at radius 1 is 1.36 bits per heavy atom. The lowest BCUT2D eigenvalue weighted by molar-refractivity contribution is 0.245. The fourth-order valence-electron chi connectivity index (χ4n) is 2.27. The molecule has 3 unspecified atom stereocenters. The van der Waals surface area contributed by atoms with Crippen LogP contribution in [0.25, 0.3) is 0 Å². The van der Waals surface area contributed by atoms with Crippen LogP contribution >= 0.6 is 0 Å². The van der Waals surface area contributed by atoms with Crippen molar-refractivity contribution in [1.29, 1.82) is 5.41 Å². The van der Waals surface area contributed by atoms with Crippen molar-refractivity contribution in [2.75, 3.05) is 0 Å². The summed E-state index contributed by atoms with van der Waals surface area (Å²) in [5.74, 6) is 2.33. The van der Waals surface area contributed by atoms with E-state index in [9.17, 15) is 0 Å². The van der Waals surface area contributed by atoms with Crippen molar-refractivity contribution in [3.8, 4) is 0 Å². The van der Waals surface area contributed by atoms with Gasteiger partial charge in [0, 0.05) is 0 Å². The maximum atomic E-state index is 7.23. The molecule has 1 saturated carbocycles. The van der Waals surface area contributed by atoms with Crippen LogP contribution in [0.15, 0.2) is 0 Å². The van der Waals surface area contributed by atoms with Gasteiger partial charge in [0.15, 0.2) is 0 Å². The van der Waals surface area contributed by atoms with Gasteiger partial charge in [-0.05, 0) is 43.2 Å². The third-order valence-electron chi connectivity index (χ3n) is 2.89. The summed E-state index contributed by atoms with van der Waals surface area (Å²) < 4.78 is 0. The van der Waals surface area contributed by atoms with Crippen LogP contribution in [0.1, 0.15) is 39.5 Å². The van der Waals surface area contributed by atoms with E-state index in [2.05, 4.69) is 13.8 Å². The van der Waals surface area contributed by atoms with Crippen LogP contribution in [0, 0.1) is 23.2 Å². The van der Waals surface area contributed by atoms with E-state index in [0.717, 1.165) is 11.8 Å². The molecule has 1 aliphatic rings. The van der Waals surface area contributed by atoms with E-state index in [0.29, 0.717) is 5.92 Å². The molecule has 1 aliphatic carbocycles. The van der Waals surface area contributed by atoms with Gasteiger partial charge in [0.1, 0.15) is 0 Å². The van der Waals surface area contributed by atoms with Crippen LogP contribution in [0.5, 0.6) is 0 Å². The highest BCUT2D eigenvalue weighted by molar-refractivity contribution is 5.56. The molecule has 0 amide bonds. The molecule has 0 radical (unpaired) electrons. The van der Waals surface area contributed by atoms with Crippen molar-refractivity contribution in [3.05, 3.63) is 0 Å². The minimum absolute atomic E-state index is 0.587. The van der Waals surface area contributed by atoms with E-state index in [1.807, 2.05) is 0 Å². The molecule has 0 bridgehead atoms. The Morgan fingerprint density at radius 3 is 2.64 bits per heavy atom. The van der Waals surface area contributed by atoms with E-state index in [4.69, 9.17) is 5.41 Å². The minimum Gasteiger partial charge on any atom is -0.313 e. The van der Waals surface area contributed by atoms with Gasteiger partial charge in [-0.15, -0.1) is 0 Å². The molecule has 1 N–H and O–H groups in total. The highest BCUT2D eigenvalue weighted by atomic mass is 14.4. The summed E-state index contributed by atoms with van der Waals surface area (Å²) >= 11 is 0. The van der Waals surface area contributed by atoms with Crippen LogP contribution in [0.3, 0.4) is 0 Å². The molecule has 1 fully saturated rings. The van der Waals surface area contributed by atoms with Crippen molar-refractivity contribution < 1.29 is 0 Å². The zero-order valence-corrected chi connectivity index (χ0v) is 7.64. The highest BCUT2D eigenvalue weighted by Crippen LogP contribution is 2.33. The molecule has 11 heavy (non-hydrogen) atoms. The van der Waals surface area contributed by atoms with Gasteiger partial charge >= 0.3 is 0 Å². The van der Waals surface area contributed by atoms with Gasteiger partial charge in [-0.1, -0.05) is 20.3 Å². The first-order chi connectivity index (χ1) is 5.26. The first-order valence-corrected chi connectivity index (χ1v) is 4.76. The smallest absolute Gasteiger partial charge is 0.00165 e. The molecule has 3 atom stereocenters. The zero-order chi connectivity index (χ0) is 8.27. The van der Waals surface area contributed by atoms with Crippen LogP contribution in [0.4, 0.5) is 0 Å². The van der Waals surface area contributed by atoms with Crippen LogP contribution in [0.2, 0.25) is 0 Å². The lowest BCUT2D eigenvalue weighted by Crippen LogP contribution is -2.21. The molecule has 0 aromatic carbocycles.